The van der Waals surface area contributed by atoms with Gasteiger partial charge < -0.3 is 10.1 Å². The predicted molar refractivity (Wildman–Crippen MR) is 56.7 cm³/mol. The molecule has 74 valence electrons. The lowest BCUT2D eigenvalue weighted by molar-refractivity contribution is 0.0957. The maximum atomic E-state index is 11.6. The van der Waals surface area contributed by atoms with Crippen molar-refractivity contribution in [2.45, 2.75) is 6.92 Å². The smallest absolute Gasteiger partial charge is 0.255 e. The molecule has 0 saturated heterocycles. The number of nitrogens with one attached hydrogen (secondary N) is 1. The predicted octanol–water partition coefficient (Wildman–Crippen LogP) is 1.88. The molecule has 0 radical (unpaired) electrons. The normalized spacial score (nSPS) is 15.1. The van der Waals surface area contributed by atoms with Gasteiger partial charge in [0.2, 0.25) is 0 Å². The number of amides is 1. The van der Waals surface area contributed by atoms with Crippen LogP contribution in [0.4, 0.5) is 0 Å². The number of carbonyl (C=O) groups excluding carboxylic acids is 1. The highest BCUT2D eigenvalue weighted by molar-refractivity contribution is 9.10. The van der Waals surface area contributed by atoms with E-state index >= 15 is 0 Å². The van der Waals surface area contributed by atoms with Crippen molar-refractivity contribution in [3.63, 3.8) is 0 Å². The van der Waals surface area contributed by atoms with Crippen LogP contribution in [0.25, 0.3) is 0 Å². The fourth-order valence-corrected chi connectivity index (χ4v) is 2.15. The standard InChI is InChI=1S/C10H10BrNO2/c1-6-4-7-9(8(11)5-6)14-3-2-12-10(7)13/h4-5H,2-3H2,1H3,(H,12,13). The fourth-order valence-electron chi connectivity index (χ4n) is 1.46. The SMILES string of the molecule is Cc1cc(Br)c2c(c1)C(=O)NCCO2. The van der Waals surface area contributed by atoms with E-state index in [0.29, 0.717) is 24.5 Å². The maximum Gasteiger partial charge on any atom is 0.255 e. The first-order valence-electron chi connectivity index (χ1n) is 4.39. The minimum atomic E-state index is -0.0677. The molecule has 2 rings (SSSR count). The third-order valence-corrected chi connectivity index (χ3v) is 2.66. The van der Waals surface area contributed by atoms with Crippen molar-refractivity contribution in [3.05, 3.63) is 27.7 Å². The molecular formula is C10H10BrNO2. The first kappa shape index (κ1) is 9.52. The molecule has 1 amide bonds. The van der Waals surface area contributed by atoms with Gasteiger partial charge in [-0.3, -0.25) is 4.79 Å². The van der Waals surface area contributed by atoms with Crippen LogP contribution in [0.15, 0.2) is 16.6 Å². The van der Waals surface area contributed by atoms with Crippen LogP contribution in [-0.4, -0.2) is 19.1 Å². The van der Waals surface area contributed by atoms with E-state index in [9.17, 15) is 4.79 Å². The number of ether oxygens (including phenoxy) is 1. The summed E-state index contributed by atoms with van der Waals surface area (Å²) in [5.74, 6) is 0.576. The first-order chi connectivity index (χ1) is 6.68. The molecule has 0 unspecified atom stereocenters. The van der Waals surface area contributed by atoms with E-state index in [0.717, 1.165) is 10.0 Å². The van der Waals surface area contributed by atoms with Gasteiger partial charge in [-0.15, -0.1) is 0 Å². The summed E-state index contributed by atoms with van der Waals surface area (Å²) in [4.78, 5) is 11.6. The van der Waals surface area contributed by atoms with E-state index < -0.39 is 0 Å². The molecule has 1 aliphatic heterocycles. The molecule has 1 N–H and O–H groups in total. The van der Waals surface area contributed by atoms with Gasteiger partial charge in [0, 0.05) is 0 Å². The van der Waals surface area contributed by atoms with E-state index in [1.54, 1.807) is 0 Å². The number of aryl methyl sites for hydroxylation is 1. The minimum Gasteiger partial charge on any atom is -0.490 e. The molecule has 1 heterocycles. The van der Waals surface area contributed by atoms with Gasteiger partial charge in [-0.05, 0) is 40.5 Å². The molecule has 0 aliphatic carbocycles. The third kappa shape index (κ3) is 1.62. The van der Waals surface area contributed by atoms with Crippen molar-refractivity contribution in [1.29, 1.82) is 0 Å². The number of hydrogen-bond acceptors (Lipinski definition) is 2. The van der Waals surface area contributed by atoms with Crippen LogP contribution in [0.1, 0.15) is 15.9 Å². The quantitative estimate of drug-likeness (QED) is 0.769. The average Bonchev–Trinajstić information content (AvgIpc) is 2.29. The van der Waals surface area contributed by atoms with E-state index in [2.05, 4.69) is 21.2 Å². The van der Waals surface area contributed by atoms with Crippen LogP contribution in [0.2, 0.25) is 0 Å². The molecule has 0 saturated carbocycles. The van der Waals surface area contributed by atoms with Crippen molar-refractivity contribution >= 4 is 21.8 Å². The Labute approximate surface area is 90.6 Å². The van der Waals surface area contributed by atoms with Gasteiger partial charge in [-0.1, -0.05) is 0 Å². The zero-order valence-electron chi connectivity index (χ0n) is 7.76. The Kier molecular flexibility index (Phi) is 2.46. The molecule has 4 heteroatoms. The zero-order chi connectivity index (χ0) is 10.1. The molecule has 1 aromatic carbocycles. The minimum absolute atomic E-state index is 0.0677. The van der Waals surface area contributed by atoms with Crippen LogP contribution >= 0.6 is 15.9 Å². The monoisotopic (exact) mass is 255 g/mol. The Morgan fingerprint density at radius 2 is 2.29 bits per heavy atom. The first-order valence-corrected chi connectivity index (χ1v) is 5.19. The topological polar surface area (TPSA) is 38.3 Å². The van der Waals surface area contributed by atoms with Crippen LogP contribution in [0.5, 0.6) is 5.75 Å². The van der Waals surface area contributed by atoms with Crippen LogP contribution in [0.3, 0.4) is 0 Å². The van der Waals surface area contributed by atoms with Gasteiger partial charge in [0.25, 0.3) is 5.91 Å². The largest absolute Gasteiger partial charge is 0.490 e. The molecule has 0 bridgehead atoms. The fraction of sp³-hybridized carbons (Fsp3) is 0.300. The summed E-state index contributed by atoms with van der Waals surface area (Å²) < 4.78 is 6.31. The van der Waals surface area contributed by atoms with E-state index in [1.165, 1.54) is 0 Å². The number of rotatable bonds is 0. The van der Waals surface area contributed by atoms with E-state index in [4.69, 9.17) is 4.74 Å². The summed E-state index contributed by atoms with van der Waals surface area (Å²) in [5.41, 5.74) is 1.64. The summed E-state index contributed by atoms with van der Waals surface area (Å²) in [6.07, 6.45) is 0. The summed E-state index contributed by atoms with van der Waals surface area (Å²) in [6, 6.07) is 3.78. The Bertz CT molecular complexity index is 390. The second kappa shape index (κ2) is 3.61. The van der Waals surface area contributed by atoms with Gasteiger partial charge in [0.15, 0.2) is 0 Å². The summed E-state index contributed by atoms with van der Waals surface area (Å²) in [5, 5.41) is 2.77. The Hall–Kier alpha value is -1.03. The molecule has 3 nitrogen and oxygen atoms in total. The van der Waals surface area contributed by atoms with Gasteiger partial charge in [-0.25, -0.2) is 0 Å². The molecule has 0 aromatic heterocycles. The van der Waals surface area contributed by atoms with E-state index in [1.807, 2.05) is 19.1 Å². The molecular weight excluding hydrogens is 246 g/mol. The van der Waals surface area contributed by atoms with Gasteiger partial charge >= 0.3 is 0 Å². The zero-order valence-corrected chi connectivity index (χ0v) is 9.35. The molecule has 14 heavy (non-hydrogen) atoms. The lowest BCUT2D eigenvalue weighted by atomic mass is 10.1. The Morgan fingerprint density at radius 3 is 3.07 bits per heavy atom. The highest BCUT2D eigenvalue weighted by Crippen LogP contribution is 2.31. The molecule has 1 aliphatic rings. The lowest BCUT2D eigenvalue weighted by Crippen LogP contribution is -2.24. The highest BCUT2D eigenvalue weighted by atomic mass is 79.9. The van der Waals surface area contributed by atoms with Gasteiger partial charge in [0.05, 0.1) is 16.6 Å². The van der Waals surface area contributed by atoms with Crippen molar-refractivity contribution in [2.75, 3.05) is 13.2 Å². The second-order valence-electron chi connectivity index (χ2n) is 3.23. The number of carbonyl (C=O) groups is 1. The van der Waals surface area contributed by atoms with Gasteiger partial charge in [-0.2, -0.15) is 0 Å². The Balaban J connectivity index is 2.58. The molecule has 0 fully saturated rings. The summed E-state index contributed by atoms with van der Waals surface area (Å²) in [7, 11) is 0. The van der Waals surface area contributed by atoms with Crippen molar-refractivity contribution in [2.24, 2.45) is 0 Å². The van der Waals surface area contributed by atoms with Crippen molar-refractivity contribution in [1.82, 2.24) is 5.32 Å². The average molecular weight is 256 g/mol. The maximum absolute atomic E-state index is 11.6. The molecule has 0 spiro atoms. The van der Waals surface area contributed by atoms with E-state index in [-0.39, 0.29) is 5.91 Å². The second-order valence-corrected chi connectivity index (χ2v) is 4.08. The molecule has 0 atom stereocenters. The Morgan fingerprint density at radius 1 is 1.50 bits per heavy atom. The van der Waals surface area contributed by atoms with Crippen LogP contribution in [-0.2, 0) is 0 Å². The summed E-state index contributed by atoms with van der Waals surface area (Å²) >= 11 is 3.39. The van der Waals surface area contributed by atoms with Crippen LogP contribution < -0.4 is 10.1 Å². The lowest BCUT2D eigenvalue weighted by Gasteiger charge is -2.08. The van der Waals surface area contributed by atoms with Gasteiger partial charge in [0.1, 0.15) is 12.4 Å². The van der Waals surface area contributed by atoms with Crippen molar-refractivity contribution in [3.8, 4) is 5.75 Å². The summed E-state index contributed by atoms with van der Waals surface area (Å²) in [6.45, 7) is 3.02. The number of halogens is 1. The number of benzene rings is 1. The number of hydrogen-bond donors (Lipinski definition) is 1. The molecule has 1 aromatic rings. The van der Waals surface area contributed by atoms with Crippen LogP contribution in [0, 0.1) is 6.92 Å². The third-order valence-electron chi connectivity index (χ3n) is 2.07. The van der Waals surface area contributed by atoms with Crippen molar-refractivity contribution < 1.29 is 9.53 Å². The number of fused-ring (bicyclic) bond motifs is 1. The highest BCUT2D eigenvalue weighted by Gasteiger charge is 2.18.